The molecule has 5 heteroatoms. The SMILES string of the molecule is CC.Cn1cc(CC(N)C(=O)O)c2c(-c3ccncc3)cccc21. The Morgan fingerprint density at radius 2 is 1.92 bits per heavy atom. The second-order valence-corrected chi connectivity index (χ2v) is 5.35. The van der Waals surface area contributed by atoms with E-state index in [1.165, 1.54) is 0 Å². The zero-order valence-electron chi connectivity index (χ0n) is 14.2. The summed E-state index contributed by atoms with van der Waals surface area (Å²) in [5.74, 6) is -0.988. The fourth-order valence-corrected chi connectivity index (χ4v) is 2.79. The predicted molar refractivity (Wildman–Crippen MR) is 96.8 cm³/mol. The van der Waals surface area contributed by atoms with Crippen molar-refractivity contribution in [3.05, 3.63) is 54.5 Å². The topological polar surface area (TPSA) is 81.1 Å². The van der Waals surface area contributed by atoms with Crippen molar-refractivity contribution in [2.45, 2.75) is 26.3 Å². The fourth-order valence-electron chi connectivity index (χ4n) is 2.79. The lowest BCUT2D eigenvalue weighted by Crippen LogP contribution is -2.32. The molecule has 0 bridgehead atoms. The standard InChI is InChI=1S/C17H17N3O2.C2H6/c1-20-10-12(9-14(18)17(21)22)16-13(3-2-4-15(16)20)11-5-7-19-8-6-11;1-2/h2-8,10,14H,9,18H2,1H3,(H,21,22);1-2H3. The van der Waals surface area contributed by atoms with Crippen molar-refractivity contribution in [3.8, 4) is 11.1 Å². The summed E-state index contributed by atoms with van der Waals surface area (Å²) in [7, 11) is 1.95. The first-order valence-corrected chi connectivity index (χ1v) is 8.03. The van der Waals surface area contributed by atoms with Crippen LogP contribution >= 0.6 is 0 Å². The van der Waals surface area contributed by atoms with E-state index in [9.17, 15) is 4.79 Å². The maximum absolute atomic E-state index is 11.1. The molecule has 2 heterocycles. The summed E-state index contributed by atoms with van der Waals surface area (Å²) in [6, 6.07) is 9.05. The lowest BCUT2D eigenvalue weighted by Gasteiger charge is -2.09. The zero-order valence-corrected chi connectivity index (χ0v) is 14.2. The van der Waals surface area contributed by atoms with Crippen LogP contribution in [0.3, 0.4) is 0 Å². The van der Waals surface area contributed by atoms with Gasteiger partial charge in [-0.25, -0.2) is 0 Å². The molecule has 24 heavy (non-hydrogen) atoms. The Morgan fingerprint density at radius 1 is 1.25 bits per heavy atom. The van der Waals surface area contributed by atoms with Crippen molar-refractivity contribution < 1.29 is 9.90 Å². The number of carboxylic acid groups (broad SMARTS) is 1. The van der Waals surface area contributed by atoms with Gasteiger partial charge in [0.1, 0.15) is 6.04 Å². The number of pyridine rings is 1. The molecule has 5 nitrogen and oxygen atoms in total. The number of aryl methyl sites for hydroxylation is 1. The highest BCUT2D eigenvalue weighted by Gasteiger charge is 2.18. The van der Waals surface area contributed by atoms with Gasteiger partial charge in [0.25, 0.3) is 0 Å². The number of hydrogen-bond acceptors (Lipinski definition) is 3. The van der Waals surface area contributed by atoms with E-state index >= 15 is 0 Å². The van der Waals surface area contributed by atoms with Crippen molar-refractivity contribution in [3.63, 3.8) is 0 Å². The summed E-state index contributed by atoms with van der Waals surface area (Å²) in [5, 5.41) is 10.1. The molecule has 0 fully saturated rings. The summed E-state index contributed by atoms with van der Waals surface area (Å²) < 4.78 is 2.00. The molecule has 1 atom stereocenters. The van der Waals surface area contributed by atoms with Gasteiger partial charge in [0.2, 0.25) is 0 Å². The Bertz CT molecular complexity index is 825. The third kappa shape index (κ3) is 3.46. The van der Waals surface area contributed by atoms with Gasteiger partial charge in [-0.15, -0.1) is 0 Å². The van der Waals surface area contributed by atoms with Gasteiger partial charge in [0.05, 0.1) is 0 Å². The summed E-state index contributed by atoms with van der Waals surface area (Å²) in [5.41, 5.74) is 9.84. The van der Waals surface area contributed by atoms with Crippen LogP contribution in [-0.4, -0.2) is 26.7 Å². The number of aromatic nitrogens is 2. The van der Waals surface area contributed by atoms with Gasteiger partial charge in [0.15, 0.2) is 0 Å². The molecule has 0 aliphatic carbocycles. The predicted octanol–water partition coefficient (Wildman–Crippen LogP) is 3.22. The van der Waals surface area contributed by atoms with Crippen molar-refractivity contribution >= 4 is 16.9 Å². The maximum Gasteiger partial charge on any atom is 0.320 e. The van der Waals surface area contributed by atoms with Gasteiger partial charge in [0, 0.05) is 43.0 Å². The van der Waals surface area contributed by atoms with Crippen LogP contribution in [0, 0.1) is 0 Å². The highest BCUT2D eigenvalue weighted by Crippen LogP contribution is 2.32. The first kappa shape index (κ1) is 17.7. The zero-order chi connectivity index (χ0) is 17.7. The molecule has 0 aliphatic rings. The molecule has 0 spiro atoms. The minimum atomic E-state index is -0.988. The van der Waals surface area contributed by atoms with Crippen LogP contribution in [0.5, 0.6) is 0 Å². The maximum atomic E-state index is 11.1. The minimum Gasteiger partial charge on any atom is -0.480 e. The second kappa shape index (κ2) is 7.75. The number of rotatable bonds is 4. The second-order valence-electron chi connectivity index (χ2n) is 5.35. The number of aliphatic carboxylic acids is 1. The van der Waals surface area contributed by atoms with Gasteiger partial charge >= 0.3 is 5.97 Å². The van der Waals surface area contributed by atoms with Crippen LogP contribution in [0.2, 0.25) is 0 Å². The van der Waals surface area contributed by atoms with E-state index in [1.54, 1.807) is 12.4 Å². The fraction of sp³-hybridized carbons (Fsp3) is 0.263. The summed E-state index contributed by atoms with van der Waals surface area (Å²) in [6.07, 6.45) is 5.76. The number of carboxylic acids is 1. The summed E-state index contributed by atoms with van der Waals surface area (Å²) in [6.45, 7) is 4.00. The third-order valence-electron chi connectivity index (χ3n) is 3.84. The van der Waals surface area contributed by atoms with Gasteiger partial charge in [-0.2, -0.15) is 0 Å². The minimum absolute atomic E-state index is 0.300. The molecule has 2 aromatic heterocycles. The molecule has 126 valence electrons. The highest BCUT2D eigenvalue weighted by atomic mass is 16.4. The lowest BCUT2D eigenvalue weighted by molar-refractivity contribution is -0.138. The quantitative estimate of drug-likeness (QED) is 0.771. The largest absolute Gasteiger partial charge is 0.480 e. The molecular formula is C19H23N3O2. The van der Waals surface area contributed by atoms with E-state index in [0.717, 1.165) is 27.6 Å². The molecule has 1 unspecified atom stereocenters. The molecular weight excluding hydrogens is 302 g/mol. The van der Waals surface area contributed by atoms with E-state index in [1.807, 2.05) is 62.0 Å². The Labute approximate surface area is 141 Å². The Kier molecular flexibility index (Phi) is 5.71. The van der Waals surface area contributed by atoms with Crippen molar-refractivity contribution in [2.24, 2.45) is 12.8 Å². The first-order chi connectivity index (χ1) is 11.6. The lowest BCUT2D eigenvalue weighted by atomic mass is 9.97. The molecule has 0 amide bonds. The first-order valence-electron chi connectivity index (χ1n) is 8.03. The van der Waals surface area contributed by atoms with Crippen LogP contribution in [0.15, 0.2) is 48.9 Å². The molecule has 3 rings (SSSR count). The molecule has 0 aliphatic heterocycles. The van der Waals surface area contributed by atoms with E-state index in [2.05, 4.69) is 4.98 Å². The number of carbonyl (C=O) groups is 1. The average Bonchev–Trinajstić information content (AvgIpc) is 2.93. The Balaban J connectivity index is 0.00000100. The van der Waals surface area contributed by atoms with Gasteiger partial charge < -0.3 is 15.4 Å². The van der Waals surface area contributed by atoms with E-state index in [-0.39, 0.29) is 0 Å². The molecule has 0 saturated carbocycles. The van der Waals surface area contributed by atoms with Crippen molar-refractivity contribution in [1.82, 2.24) is 9.55 Å². The van der Waals surface area contributed by atoms with E-state index in [4.69, 9.17) is 10.8 Å². The Morgan fingerprint density at radius 3 is 2.54 bits per heavy atom. The van der Waals surface area contributed by atoms with Gasteiger partial charge in [-0.3, -0.25) is 9.78 Å². The van der Waals surface area contributed by atoms with Crippen LogP contribution in [0.1, 0.15) is 19.4 Å². The van der Waals surface area contributed by atoms with E-state index < -0.39 is 12.0 Å². The number of hydrogen-bond donors (Lipinski definition) is 2. The average molecular weight is 325 g/mol. The number of benzene rings is 1. The Hall–Kier alpha value is -2.66. The molecule has 3 aromatic rings. The van der Waals surface area contributed by atoms with Gasteiger partial charge in [-0.05, 0) is 34.9 Å². The molecule has 1 aromatic carbocycles. The van der Waals surface area contributed by atoms with Crippen LogP contribution < -0.4 is 5.73 Å². The normalized spacial score (nSPS) is 11.7. The smallest absolute Gasteiger partial charge is 0.320 e. The number of nitrogens with zero attached hydrogens (tertiary/aromatic N) is 2. The monoisotopic (exact) mass is 325 g/mol. The number of fused-ring (bicyclic) bond motifs is 1. The summed E-state index contributed by atoms with van der Waals surface area (Å²) in [4.78, 5) is 15.1. The van der Waals surface area contributed by atoms with Crippen LogP contribution in [0.25, 0.3) is 22.0 Å². The summed E-state index contributed by atoms with van der Waals surface area (Å²) >= 11 is 0. The van der Waals surface area contributed by atoms with E-state index in [0.29, 0.717) is 6.42 Å². The molecule has 3 N–H and O–H groups in total. The van der Waals surface area contributed by atoms with Crippen molar-refractivity contribution in [1.29, 1.82) is 0 Å². The van der Waals surface area contributed by atoms with Crippen LogP contribution in [0.4, 0.5) is 0 Å². The highest BCUT2D eigenvalue weighted by molar-refractivity contribution is 5.98. The third-order valence-corrected chi connectivity index (χ3v) is 3.84. The molecule has 0 radical (unpaired) electrons. The van der Waals surface area contributed by atoms with Gasteiger partial charge in [-0.1, -0.05) is 26.0 Å². The van der Waals surface area contributed by atoms with Crippen LogP contribution in [-0.2, 0) is 18.3 Å². The molecule has 0 saturated heterocycles. The number of nitrogens with two attached hydrogens (primary N) is 1. The van der Waals surface area contributed by atoms with Crippen molar-refractivity contribution in [2.75, 3.05) is 0 Å².